The van der Waals surface area contributed by atoms with Crippen molar-refractivity contribution < 1.29 is 27.1 Å². The summed E-state index contributed by atoms with van der Waals surface area (Å²) in [6.07, 6.45) is 0. The number of carbonyl (C=O) groups is 1. The van der Waals surface area contributed by atoms with Crippen LogP contribution in [0, 0.1) is 23.3 Å². The maximum atomic E-state index is 13.4. The lowest BCUT2D eigenvalue weighted by atomic mass is 10.2. The van der Waals surface area contributed by atoms with E-state index in [0.29, 0.717) is 0 Å². The molecule has 1 aromatic carbocycles. The zero-order valence-corrected chi connectivity index (χ0v) is 10.7. The van der Waals surface area contributed by atoms with Gasteiger partial charge in [0.1, 0.15) is 5.69 Å². The van der Waals surface area contributed by atoms with Crippen LogP contribution >= 0.6 is 11.3 Å². The summed E-state index contributed by atoms with van der Waals surface area (Å²) in [6.45, 7) is 0. The first-order valence-electron chi connectivity index (χ1n) is 5.08. The molecule has 0 aliphatic heterocycles. The molecule has 0 atom stereocenters. The summed E-state index contributed by atoms with van der Waals surface area (Å²) in [5.41, 5.74) is -1.12. The molecule has 2 aromatic rings. The Bertz CT molecular complexity index is 648. The molecule has 0 fully saturated rings. The Morgan fingerprint density at radius 3 is 2.40 bits per heavy atom. The standard InChI is InChI=1S/C11H6F4N2O2S/c1-19-10(18)6-3-20-11(16-6)17-9-7(14)4(12)2-5(13)8(9)15/h2-3H,1H3,(H,16,17). The number of hydrogen-bond donors (Lipinski definition) is 1. The predicted molar refractivity (Wildman–Crippen MR) is 63.0 cm³/mol. The second-order valence-electron chi connectivity index (χ2n) is 3.50. The van der Waals surface area contributed by atoms with Gasteiger partial charge in [0.05, 0.1) is 7.11 Å². The first kappa shape index (κ1) is 14.3. The molecule has 0 aliphatic rings. The van der Waals surface area contributed by atoms with E-state index in [-0.39, 0.29) is 16.9 Å². The molecular formula is C11H6F4N2O2S. The maximum absolute atomic E-state index is 13.4. The van der Waals surface area contributed by atoms with Crippen LogP contribution in [0.3, 0.4) is 0 Å². The summed E-state index contributed by atoms with van der Waals surface area (Å²) in [6, 6.07) is 0.0948. The summed E-state index contributed by atoms with van der Waals surface area (Å²) in [5.74, 6) is -7.01. The number of methoxy groups -OCH3 is 1. The van der Waals surface area contributed by atoms with Gasteiger partial charge in [-0.2, -0.15) is 0 Å². The van der Waals surface area contributed by atoms with Gasteiger partial charge in [0.15, 0.2) is 34.1 Å². The fourth-order valence-corrected chi connectivity index (χ4v) is 2.00. The third-order valence-corrected chi connectivity index (χ3v) is 3.00. The van der Waals surface area contributed by atoms with Gasteiger partial charge in [0, 0.05) is 11.4 Å². The number of hydrogen-bond acceptors (Lipinski definition) is 5. The number of anilines is 2. The van der Waals surface area contributed by atoms with Gasteiger partial charge >= 0.3 is 5.97 Å². The highest BCUT2D eigenvalue weighted by molar-refractivity contribution is 7.14. The second-order valence-corrected chi connectivity index (χ2v) is 4.36. The fraction of sp³-hybridized carbons (Fsp3) is 0.0909. The Morgan fingerprint density at radius 2 is 1.85 bits per heavy atom. The summed E-state index contributed by atoms with van der Waals surface area (Å²) in [7, 11) is 1.13. The Morgan fingerprint density at radius 1 is 1.25 bits per heavy atom. The number of halogens is 4. The Hall–Kier alpha value is -2.16. The highest BCUT2D eigenvalue weighted by Crippen LogP contribution is 2.28. The van der Waals surface area contributed by atoms with E-state index in [4.69, 9.17) is 0 Å². The second kappa shape index (κ2) is 5.45. The largest absolute Gasteiger partial charge is 0.464 e. The summed E-state index contributed by atoms with van der Waals surface area (Å²) < 4.78 is 57.2. The number of rotatable bonds is 3. The average Bonchev–Trinajstić information content (AvgIpc) is 2.89. The van der Waals surface area contributed by atoms with Crippen molar-refractivity contribution >= 4 is 28.1 Å². The third kappa shape index (κ3) is 2.57. The van der Waals surface area contributed by atoms with Crippen molar-refractivity contribution in [3.05, 3.63) is 40.4 Å². The fourth-order valence-electron chi connectivity index (χ4n) is 1.32. The Labute approximate surface area is 114 Å². The van der Waals surface area contributed by atoms with Crippen molar-refractivity contribution in [2.45, 2.75) is 0 Å². The van der Waals surface area contributed by atoms with Crippen molar-refractivity contribution in [3.8, 4) is 0 Å². The quantitative estimate of drug-likeness (QED) is 0.537. The molecule has 1 heterocycles. The molecule has 0 saturated heterocycles. The third-order valence-electron chi connectivity index (χ3n) is 2.24. The number of ether oxygens (including phenoxy) is 1. The molecule has 106 valence electrons. The smallest absolute Gasteiger partial charge is 0.357 e. The molecule has 0 amide bonds. The van der Waals surface area contributed by atoms with Crippen molar-refractivity contribution in [2.24, 2.45) is 0 Å². The number of esters is 1. The lowest BCUT2D eigenvalue weighted by molar-refractivity contribution is 0.0595. The minimum atomic E-state index is -1.58. The maximum Gasteiger partial charge on any atom is 0.357 e. The Balaban J connectivity index is 2.35. The van der Waals surface area contributed by atoms with Crippen molar-refractivity contribution in [1.82, 2.24) is 4.98 Å². The highest BCUT2D eigenvalue weighted by Gasteiger charge is 2.20. The van der Waals surface area contributed by atoms with E-state index >= 15 is 0 Å². The minimum Gasteiger partial charge on any atom is -0.464 e. The number of benzene rings is 1. The van der Waals surface area contributed by atoms with Crippen LogP contribution in [0.4, 0.5) is 28.4 Å². The highest BCUT2D eigenvalue weighted by atomic mass is 32.1. The van der Waals surface area contributed by atoms with Crippen LogP contribution in [0.25, 0.3) is 0 Å². The number of thiazole rings is 1. The lowest BCUT2D eigenvalue weighted by Gasteiger charge is -2.07. The Kier molecular flexibility index (Phi) is 3.89. The summed E-state index contributed by atoms with van der Waals surface area (Å²) in [4.78, 5) is 14.8. The molecular weight excluding hydrogens is 300 g/mol. The van der Waals surface area contributed by atoms with Crippen LogP contribution in [0.1, 0.15) is 10.5 Å². The first-order chi connectivity index (χ1) is 9.43. The van der Waals surface area contributed by atoms with Crippen LogP contribution in [-0.2, 0) is 4.74 Å². The molecule has 0 bridgehead atoms. The molecule has 4 nitrogen and oxygen atoms in total. The van der Waals surface area contributed by atoms with E-state index in [9.17, 15) is 22.4 Å². The van der Waals surface area contributed by atoms with Crippen LogP contribution in [-0.4, -0.2) is 18.1 Å². The van der Waals surface area contributed by atoms with E-state index in [2.05, 4.69) is 15.0 Å². The molecule has 20 heavy (non-hydrogen) atoms. The number of carbonyl (C=O) groups excluding carboxylic acids is 1. The number of nitrogens with zero attached hydrogens (tertiary/aromatic N) is 1. The van der Waals surface area contributed by atoms with Gasteiger partial charge in [0.2, 0.25) is 0 Å². The van der Waals surface area contributed by atoms with Crippen LogP contribution in [0.5, 0.6) is 0 Å². The normalized spacial score (nSPS) is 10.4. The first-order valence-corrected chi connectivity index (χ1v) is 5.96. The summed E-state index contributed by atoms with van der Waals surface area (Å²) in [5, 5.41) is 3.24. The van der Waals surface area contributed by atoms with Crippen molar-refractivity contribution in [2.75, 3.05) is 12.4 Å². The van der Waals surface area contributed by atoms with Crippen LogP contribution in [0.15, 0.2) is 11.4 Å². The SMILES string of the molecule is COC(=O)c1csc(Nc2c(F)c(F)cc(F)c2F)n1. The van der Waals surface area contributed by atoms with E-state index in [1.54, 1.807) is 0 Å². The average molecular weight is 306 g/mol. The van der Waals surface area contributed by atoms with E-state index < -0.39 is 34.9 Å². The zero-order chi connectivity index (χ0) is 14.9. The van der Waals surface area contributed by atoms with Crippen LogP contribution in [0.2, 0.25) is 0 Å². The molecule has 0 unspecified atom stereocenters. The van der Waals surface area contributed by atoms with Gasteiger partial charge in [-0.1, -0.05) is 0 Å². The summed E-state index contributed by atoms with van der Waals surface area (Å²) >= 11 is 0.816. The van der Waals surface area contributed by atoms with Crippen molar-refractivity contribution in [1.29, 1.82) is 0 Å². The van der Waals surface area contributed by atoms with Gasteiger partial charge in [-0.25, -0.2) is 27.3 Å². The molecule has 1 N–H and O–H groups in total. The zero-order valence-electron chi connectivity index (χ0n) is 9.84. The molecule has 1 aromatic heterocycles. The van der Waals surface area contributed by atoms with E-state index in [1.165, 1.54) is 5.38 Å². The van der Waals surface area contributed by atoms with Gasteiger partial charge in [0.25, 0.3) is 0 Å². The molecule has 0 radical (unpaired) electrons. The number of aromatic nitrogens is 1. The predicted octanol–water partition coefficient (Wildman–Crippen LogP) is 3.23. The van der Waals surface area contributed by atoms with Crippen LogP contribution < -0.4 is 5.32 Å². The lowest BCUT2D eigenvalue weighted by Crippen LogP contribution is -2.04. The van der Waals surface area contributed by atoms with Gasteiger partial charge in [-0.15, -0.1) is 11.3 Å². The molecule has 0 aliphatic carbocycles. The molecule has 0 saturated carbocycles. The molecule has 0 spiro atoms. The van der Waals surface area contributed by atoms with E-state index in [1.807, 2.05) is 0 Å². The number of nitrogens with one attached hydrogen (secondary N) is 1. The topological polar surface area (TPSA) is 51.2 Å². The molecule has 2 rings (SSSR count). The van der Waals surface area contributed by atoms with E-state index in [0.717, 1.165) is 18.4 Å². The van der Waals surface area contributed by atoms with Gasteiger partial charge in [-0.3, -0.25) is 0 Å². The van der Waals surface area contributed by atoms with Gasteiger partial charge in [-0.05, 0) is 0 Å². The van der Waals surface area contributed by atoms with Crippen molar-refractivity contribution in [3.63, 3.8) is 0 Å². The molecule has 9 heteroatoms. The monoisotopic (exact) mass is 306 g/mol. The minimum absolute atomic E-state index is 0.0948. The van der Waals surface area contributed by atoms with Gasteiger partial charge < -0.3 is 10.1 Å².